The number of benzene rings is 1. The number of rotatable bonds is 5. The zero-order valence-corrected chi connectivity index (χ0v) is 18.2. The van der Waals surface area contributed by atoms with Gasteiger partial charge in [-0.3, -0.25) is 24.1 Å². The molecule has 11 heteroatoms. The van der Waals surface area contributed by atoms with Crippen LogP contribution in [0.15, 0.2) is 24.4 Å². The normalized spacial score (nSPS) is 20.1. The number of aryl methyl sites for hydroxylation is 1. The molecule has 1 atom stereocenters. The average molecular weight is 443 g/mol. The molecule has 2 aromatic rings. The number of hydrogen-bond acceptors (Lipinski definition) is 5. The molecule has 2 fully saturated rings. The van der Waals surface area contributed by atoms with E-state index in [-0.39, 0.29) is 36.3 Å². The van der Waals surface area contributed by atoms with Crippen molar-refractivity contribution in [2.24, 2.45) is 18.2 Å². The van der Waals surface area contributed by atoms with Crippen molar-refractivity contribution in [3.05, 3.63) is 35.8 Å². The fraction of sp³-hybridized carbons (Fsp3) is 0.429. The summed E-state index contributed by atoms with van der Waals surface area (Å²) < 4.78 is 15.8. The molecule has 0 radical (unpaired) electrons. The quantitative estimate of drug-likeness (QED) is 0.645. The number of amides is 4. The molecule has 2 aliphatic rings. The summed E-state index contributed by atoms with van der Waals surface area (Å²) in [5.74, 6) is -0.965. The predicted octanol–water partition coefficient (Wildman–Crippen LogP) is 1.43. The SMILES string of the molecule is Cn1cc(NC(=O)c2cc(F)cc(N3C[C@@H](CN)NC3=O)c2)c(N2CCC(C)(C)C2=O)n1. The van der Waals surface area contributed by atoms with Gasteiger partial charge in [0.05, 0.1) is 12.2 Å². The standard InChI is InChI=1S/C21H26FN7O3/c1-21(2)4-5-28(19(21)31)17-16(11-27(3)26-17)25-18(30)12-6-13(22)8-15(7-12)29-10-14(9-23)24-20(29)32/h6-8,11,14H,4-5,9-10,23H2,1-3H3,(H,24,32)(H,25,30)/t14-/m1/s1. The minimum absolute atomic E-state index is 0.0341. The number of nitrogens with two attached hydrogens (primary N) is 1. The summed E-state index contributed by atoms with van der Waals surface area (Å²) in [6.45, 7) is 4.76. The van der Waals surface area contributed by atoms with E-state index in [1.54, 1.807) is 18.1 Å². The Morgan fingerprint density at radius 1 is 1.31 bits per heavy atom. The highest BCUT2D eigenvalue weighted by atomic mass is 19.1. The van der Waals surface area contributed by atoms with E-state index in [1.807, 2.05) is 13.8 Å². The summed E-state index contributed by atoms with van der Waals surface area (Å²) in [5.41, 5.74) is 5.74. The first-order valence-electron chi connectivity index (χ1n) is 10.3. The number of nitrogens with one attached hydrogen (secondary N) is 2. The Kier molecular flexibility index (Phi) is 5.37. The van der Waals surface area contributed by atoms with E-state index in [0.29, 0.717) is 24.5 Å². The van der Waals surface area contributed by atoms with Gasteiger partial charge in [-0.15, -0.1) is 0 Å². The van der Waals surface area contributed by atoms with Gasteiger partial charge in [-0.25, -0.2) is 9.18 Å². The molecule has 32 heavy (non-hydrogen) atoms. The highest BCUT2D eigenvalue weighted by molar-refractivity contribution is 6.09. The molecule has 2 saturated heterocycles. The predicted molar refractivity (Wildman–Crippen MR) is 117 cm³/mol. The molecule has 1 aromatic carbocycles. The van der Waals surface area contributed by atoms with Crippen LogP contribution in [0.2, 0.25) is 0 Å². The van der Waals surface area contributed by atoms with Crippen LogP contribution in [0.25, 0.3) is 0 Å². The third-order valence-corrected chi connectivity index (χ3v) is 5.81. The Balaban J connectivity index is 1.59. The van der Waals surface area contributed by atoms with Crippen molar-refractivity contribution < 1.29 is 18.8 Å². The van der Waals surface area contributed by atoms with Gasteiger partial charge < -0.3 is 16.4 Å². The number of halogens is 1. The van der Waals surface area contributed by atoms with E-state index in [1.165, 1.54) is 21.7 Å². The van der Waals surface area contributed by atoms with Crippen LogP contribution in [-0.2, 0) is 11.8 Å². The number of anilines is 3. The number of nitrogens with zero attached hydrogens (tertiary/aromatic N) is 4. The summed E-state index contributed by atoms with van der Waals surface area (Å²) >= 11 is 0. The molecule has 4 amide bonds. The van der Waals surface area contributed by atoms with Crippen molar-refractivity contribution in [3.8, 4) is 0 Å². The van der Waals surface area contributed by atoms with Crippen LogP contribution in [-0.4, -0.2) is 53.3 Å². The zero-order valence-electron chi connectivity index (χ0n) is 18.2. The van der Waals surface area contributed by atoms with Gasteiger partial charge in [-0.1, -0.05) is 13.8 Å². The first-order valence-corrected chi connectivity index (χ1v) is 10.3. The molecule has 10 nitrogen and oxygen atoms in total. The van der Waals surface area contributed by atoms with Crippen molar-refractivity contribution in [2.45, 2.75) is 26.3 Å². The van der Waals surface area contributed by atoms with Crippen molar-refractivity contribution in [3.63, 3.8) is 0 Å². The third-order valence-electron chi connectivity index (χ3n) is 5.81. The lowest BCUT2D eigenvalue weighted by atomic mass is 9.92. The van der Waals surface area contributed by atoms with E-state index < -0.39 is 23.2 Å². The molecule has 0 spiro atoms. The van der Waals surface area contributed by atoms with Crippen molar-refractivity contribution in [1.82, 2.24) is 15.1 Å². The van der Waals surface area contributed by atoms with Gasteiger partial charge in [0.25, 0.3) is 5.91 Å². The summed E-state index contributed by atoms with van der Waals surface area (Å²) in [7, 11) is 1.69. The van der Waals surface area contributed by atoms with Gasteiger partial charge in [0.1, 0.15) is 11.5 Å². The first-order chi connectivity index (χ1) is 15.1. The number of carbonyl (C=O) groups excluding carboxylic acids is 3. The van der Waals surface area contributed by atoms with E-state index in [2.05, 4.69) is 15.7 Å². The molecule has 1 aromatic heterocycles. The fourth-order valence-electron chi connectivity index (χ4n) is 3.94. The fourth-order valence-corrected chi connectivity index (χ4v) is 3.94. The molecule has 4 rings (SSSR count). The monoisotopic (exact) mass is 443 g/mol. The first kappa shape index (κ1) is 21.8. The van der Waals surface area contributed by atoms with Gasteiger partial charge in [0.15, 0.2) is 5.82 Å². The maximum atomic E-state index is 14.3. The Bertz CT molecular complexity index is 1100. The van der Waals surface area contributed by atoms with Crippen LogP contribution in [0.4, 0.5) is 26.4 Å². The molecule has 4 N–H and O–H groups in total. The van der Waals surface area contributed by atoms with Crippen molar-refractivity contribution in [2.75, 3.05) is 34.8 Å². The van der Waals surface area contributed by atoms with Gasteiger partial charge in [-0.2, -0.15) is 5.10 Å². The Hall–Kier alpha value is -3.47. The Morgan fingerprint density at radius 2 is 2.06 bits per heavy atom. The highest BCUT2D eigenvalue weighted by Gasteiger charge is 2.41. The van der Waals surface area contributed by atoms with E-state index in [9.17, 15) is 18.8 Å². The van der Waals surface area contributed by atoms with Gasteiger partial charge >= 0.3 is 6.03 Å². The van der Waals surface area contributed by atoms with E-state index in [4.69, 9.17) is 5.73 Å². The Morgan fingerprint density at radius 3 is 2.69 bits per heavy atom. The average Bonchev–Trinajstić information content (AvgIpc) is 3.37. The molecule has 0 saturated carbocycles. The van der Waals surface area contributed by atoms with Gasteiger partial charge in [-0.05, 0) is 24.6 Å². The van der Waals surface area contributed by atoms with E-state index in [0.717, 1.165) is 6.07 Å². The molecule has 3 heterocycles. The third kappa shape index (κ3) is 3.91. The molecular weight excluding hydrogens is 417 g/mol. The van der Waals surface area contributed by atoms with Crippen LogP contribution in [0.3, 0.4) is 0 Å². The summed E-state index contributed by atoms with van der Waals surface area (Å²) in [4.78, 5) is 40.8. The minimum Gasteiger partial charge on any atom is -0.332 e. The van der Waals surface area contributed by atoms with Crippen molar-refractivity contribution >= 4 is 35.0 Å². The lowest BCUT2D eigenvalue weighted by Gasteiger charge is -2.19. The summed E-state index contributed by atoms with van der Waals surface area (Å²) in [6, 6.07) is 3.07. The smallest absolute Gasteiger partial charge is 0.322 e. The van der Waals surface area contributed by atoms with Crippen LogP contribution in [0.5, 0.6) is 0 Å². The summed E-state index contributed by atoms with van der Waals surface area (Å²) in [6.07, 6.45) is 2.26. The topological polar surface area (TPSA) is 126 Å². The maximum Gasteiger partial charge on any atom is 0.322 e. The second-order valence-electron chi connectivity index (χ2n) is 8.78. The maximum absolute atomic E-state index is 14.3. The molecular formula is C21H26FN7O3. The molecule has 170 valence electrons. The number of aromatic nitrogens is 2. The highest BCUT2D eigenvalue weighted by Crippen LogP contribution is 2.36. The van der Waals surface area contributed by atoms with Gasteiger partial charge in [0.2, 0.25) is 5.91 Å². The second kappa shape index (κ2) is 7.90. The lowest BCUT2D eigenvalue weighted by molar-refractivity contribution is -0.124. The van der Waals surface area contributed by atoms with Gasteiger partial charge in [0, 0.05) is 43.3 Å². The number of urea groups is 1. The lowest BCUT2D eigenvalue weighted by Crippen LogP contribution is -2.33. The number of carbonyl (C=O) groups is 3. The minimum atomic E-state index is -0.653. The van der Waals surface area contributed by atoms with Crippen LogP contribution in [0, 0.1) is 11.2 Å². The molecule has 2 aliphatic heterocycles. The van der Waals surface area contributed by atoms with E-state index >= 15 is 0 Å². The van der Waals surface area contributed by atoms with Crippen molar-refractivity contribution in [1.29, 1.82) is 0 Å². The van der Waals surface area contributed by atoms with Crippen LogP contribution in [0.1, 0.15) is 30.6 Å². The second-order valence-corrected chi connectivity index (χ2v) is 8.78. The molecule has 0 unspecified atom stereocenters. The summed E-state index contributed by atoms with van der Waals surface area (Å²) in [5, 5.41) is 9.77. The Labute approximate surface area is 184 Å². The largest absolute Gasteiger partial charge is 0.332 e. The molecule has 0 bridgehead atoms. The van der Waals surface area contributed by atoms with Crippen LogP contribution >= 0.6 is 0 Å². The molecule has 0 aliphatic carbocycles. The number of hydrogen-bond donors (Lipinski definition) is 3. The zero-order chi connectivity index (χ0) is 23.2. The van der Waals surface area contributed by atoms with Crippen LogP contribution < -0.4 is 26.2 Å².